The van der Waals surface area contributed by atoms with Gasteiger partial charge in [-0.3, -0.25) is 4.79 Å². The molecule has 0 fully saturated rings. The number of carbonyl (C=O) groups is 1. The molecule has 5 nitrogen and oxygen atoms in total. The largest absolute Gasteiger partial charge is 0.350 e. The van der Waals surface area contributed by atoms with Crippen LogP contribution in [0.3, 0.4) is 0 Å². The number of anilines is 1. The minimum Gasteiger partial charge on any atom is -0.350 e. The third-order valence-electron chi connectivity index (χ3n) is 4.79. The molecule has 0 unspecified atom stereocenters. The van der Waals surface area contributed by atoms with Crippen LogP contribution >= 0.6 is 0 Å². The first-order chi connectivity index (χ1) is 15.2. The number of hydrogen-bond donors (Lipinski definition) is 2. The van der Waals surface area contributed by atoms with Gasteiger partial charge in [0.15, 0.2) is 0 Å². The molecule has 0 saturated heterocycles. The summed E-state index contributed by atoms with van der Waals surface area (Å²) in [6.07, 6.45) is 3.51. The molecule has 154 valence electrons. The molecule has 0 bridgehead atoms. The van der Waals surface area contributed by atoms with Crippen molar-refractivity contribution in [3.05, 3.63) is 114 Å². The van der Waals surface area contributed by atoms with E-state index in [4.69, 9.17) is 0 Å². The van der Waals surface area contributed by atoms with Crippen molar-refractivity contribution in [1.82, 2.24) is 15.3 Å². The lowest BCUT2D eigenvalue weighted by Gasteiger charge is -2.08. The van der Waals surface area contributed by atoms with E-state index in [0.717, 1.165) is 22.3 Å². The second kappa shape index (κ2) is 9.63. The van der Waals surface area contributed by atoms with Crippen LogP contribution in [0.5, 0.6) is 0 Å². The zero-order valence-electron chi connectivity index (χ0n) is 16.8. The molecule has 3 aromatic carbocycles. The van der Waals surface area contributed by atoms with Crippen LogP contribution in [0, 0.1) is 5.82 Å². The van der Waals surface area contributed by atoms with Gasteiger partial charge in [0, 0.05) is 36.6 Å². The Morgan fingerprint density at radius 2 is 1.39 bits per heavy atom. The molecule has 2 N–H and O–H groups in total. The SMILES string of the molecule is O=C(NCc1ccc(F)cc1)c1ccc(-c2cnc(NCc3ccccc3)nc2)cc1. The zero-order chi connectivity index (χ0) is 21.5. The molecule has 0 aliphatic heterocycles. The van der Waals surface area contributed by atoms with Gasteiger partial charge < -0.3 is 10.6 Å². The van der Waals surface area contributed by atoms with Gasteiger partial charge in [0.05, 0.1) is 0 Å². The normalized spacial score (nSPS) is 10.5. The number of aromatic nitrogens is 2. The number of halogens is 1. The number of hydrogen-bond acceptors (Lipinski definition) is 4. The first-order valence-electron chi connectivity index (χ1n) is 9.90. The van der Waals surface area contributed by atoms with E-state index in [1.807, 2.05) is 42.5 Å². The molecule has 1 heterocycles. The van der Waals surface area contributed by atoms with E-state index in [9.17, 15) is 9.18 Å². The molecular weight excluding hydrogens is 391 g/mol. The lowest BCUT2D eigenvalue weighted by atomic mass is 10.1. The average molecular weight is 412 g/mol. The predicted molar refractivity (Wildman–Crippen MR) is 119 cm³/mol. The van der Waals surface area contributed by atoms with Gasteiger partial charge in [0.2, 0.25) is 5.95 Å². The highest BCUT2D eigenvalue weighted by molar-refractivity contribution is 5.94. The number of amides is 1. The van der Waals surface area contributed by atoms with Crippen molar-refractivity contribution in [2.24, 2.45) is 0 Å². The van der Waals surface area contributed by atoms with Crippen molar-refractivity contribution >= 4 is 11.9 Å². The van der Waals surface area contributed by atoms with E-state index in [0.29, 0.717) is 24.6 Å². The first kappa shape index (κ1) is 20.2. The summed E-state index contributed by atoms with van der Waals surface area (Å²) in [5, 5.41) is 6.03. The van der Waals surface area contributed by atoms with Gasteiger partial charge in [0.1, 0.15) is 5.82 Å². The van der Waals surface area contributed by atoms with Crippen LogP contribution in [0.1, 0.15) is 21.5 Å². The van der Waals surface area contributed by atoms with Gasteiger partial charge in [-0.15, -0.1) is 0 Å². The van der Waals surface area contributed by atoms with E-state index in [1.165, 1.54) is 12.1 Å². The smallest absolute Gasteiger partial charge is 0.251 e. The van der Waals surface area contributed by atoms with Crippen molar-refractivity contribution in [2.75, 3.05) is 5.32 Å². The Morgan fingerprint density at radius 3 is 2.06 bits per heavy atom. The molecule has 4 aromatic rings. The topological polar surface area (TPSA) is 66.9 Å². The minimum absolute atomic E-state index is 0.187. The maximum Gasteiger partial charge on any atom is 0.251 e. The number of rotatable bonds is 7. The van der Waals surface area contributed by atoms with Crippen LogP contribution in [0.25, 0.3) is 11.1 Å². The van der Waals surface area contributed by atoms with Gasteiger partial charge >= 0.3 is 0 Å². The molecule has 4 rings (SSSR count). The summed E-state index contributed by atoms with van der Waals surface area (Å²) in [4.78, 5) is 21.1. The summed E-state index contributed by atoms with van der Waals surface area (Å²) in [6, 6.07) is 23.4. The maximum absolute atomic E-state index is 13.0. The minimum atomic E-state index is -0.297. The van der Waals surface area contributed by atoms with E-state index in [-0.39, 0.29) is 11.7 Å². The standard InChI is InChI=1S/C25H21FN4O/c26-23-12-6-19(7-13-23)14-27-24(31)21-10-8-20(9-11-21)22-16-29-25(30-17-22)28-15-18-4-2-1-3-5-18/h1-13,16-17H,14-15H2,(H,27,31)(H,28,29,30). The fraction of sp³-hybridized carbons (Fsp3) is 0.0800. The highest BCUT2D eigenvalue weighted by atomic mass is 19.1. The van der Waals surface area contributed by atoms with Gasteiger partial charge in [-0.1, -0.05) is 54.6 Å². The number of carbonyl (C=O) groups excluding carboxylic acids is 1. The molecule has 1 amide bonds. The Bertz CT molecular complexity index is 1130. The van der Waals surface area contributed by atoms with Crippen molar-refractivity contribution in [2.45, 2.75) is 13.1 Å². The summed E-state index contributed by atoms with van der Waals surface area (Å²) in [5.74, 6) is 0.0756. The molecule has 1 aromatic heterocycles. The van der Waals surface area contributed by atoms with E-state index >= 15 is 0 Å². The Morgan fingerprint density at radius 1 is 0.742 bits per heavy atom. The molecule has 0 radical (unpaired) electrons. The Balaban J connectivity index is 1.33. The molecule has 0 aliphatic rings. The maximum atomic E-state index is 13.0. The molecule has 0 aliphatic carbocycles. The average Bonchev–Trinajstić information content (AvgIpc) is 2.83. The van der Waals surface area contributed by atoms with Crippen molar-refractivity contribution in [3.63, 3.8) is 0 Å². The molecule has 0 saturated carbocycles. The summed E-state index contributed by atoms with van der Waals surface area (Å²) in [6.45, 7) is 0.994. The molecule has 0 spiro atoms. The van der Waals surface area contributed by atoms with E-state index in [1.54, 1.807) is 36.7 Å². The molecule has 0 atom stereocenters. The summed E-state index contributed by atoms with van der Waals surface area (Å²) >= 11 is 0. The Hall–Kier alpha value is -4.06. The second-order valence-corrected chi connectivity index (χ2v) is 7.02. The van der Waals surface area contributed by atoms with E-state index in [2.05, 4.69) is 20.6 Å². The van der Waals surface area contributed by atoms with Crippen LogP contribution in [0.2, 0.25) is 0 Å². The lowest BCUT2D eigenvalue weighted by Crippen LogP contribution is -2.22. The van der Waals surface area contributed by atoms with E-state index < -0.39 is 0 Å². The highest BCUT2D eigenvalue weighted by Crippen LogP contribution is 2.19. The monoisotopic (exact) mass is 412 g/mol. The fourth-order valence-corrected chi connectivity index (χ4v) is 3.05. The van der Waals surface area contributed by atoms with Gasteiger partial charge in [0.25, 0.3) is 5.91 Å². The third-order valence-corrected chi connectivity index (χ3v) is 4.79. The zero-order valence-corrected chi connectivity index (χ0v) is 16.8. The van der Waals surface area contributed by atoms with Crippen LogP contribution in [-0.2, 0) is 13.1 Å². The molecular formula is C25H21FN4O. The number of nitrogens with one attached hydrogen (secondary N) is 2. The summed E-state index contributed by atoms with van der Waals surface area (Å²) < 4.78 is 13.0. The summed E-state index contributed by atoms with van der Waals surface area (Å²) in [7, 11) is 0. The number of nitrogens with zero attached hydrogens (tertiary/aromatic N) is 2. The fourth-order valence-electron chi connectivity index (χ4n) is 3.05. The summed E-state index contributed by atoms with van der Waals surface area (Å²) in [5.41, 5.74) is 4.33. The number of benzene rings is 3. The molecule has 31 heavy (non-hydrogen) atoms. The second-order valence-electron chi connectivity index (χ2n) is 7.02. The van der Waals surface area contributed by atoms with Crippen LogP contribution in [-0.4, -0.2) is 15.9 Å². The predicted octanol–water partition coefficient (Wildman–Crippen LogP) is 4.82. The first-order valence-corrected chi connectivity index (χ1v) is 9.90. The van der Waals surface area contributed by atoms with Crippen molar-refractivity contribution < 1.29 is 9.18 Å². The van der Waals surface area contributed by atoms with Crippen molar-refractivity contribution in [1.29, 1.82) is 0 Å². The van der Waals surface area contributed by atoms with Gasteiger partial charge in [-0.2, -0.15) is 0 Å². The third kappa shape index (κ3) is 5.51. The Labute approximate surface area is 180 Å². The Kier molecular flexibility index (Phi) is 6.28. The highest BCUT2D eigenvalue weighted by Gasteiger charge is 2.07. The van der Waals surface area contributed by atoms with Crippen LogP contribution in [0.4, 0.5) is 10.3 Å². The van der Waals surface area contributed by atoms with Gasteiger partial charge in [-0.05, 0) is 41.0 Å². The molecule has 6 heteroatoms. The van der Waals surface area contributed by atoms with Crippen LogP contribution < -0.4 is 10.6 Å². The quantitative estimate of drug-likeness (QED) is 0.457. The van der Waals surface area contributed by atoms with Crippen LogP contribution in [0.15, 0.2) is 91.3 Å². The lowest BCUT2D eigenvalue weighted by molar-refractivity contribution is 0.0951. The van der Waals surface area contributed by atoms with Gasteiger partial charge in [-0.25, -0.2) is 14.4 Å². The van der Waals surface area contributed by atoms with Crippen molar-refractivity contribution in [3.8, 4) is 11.1 Å².